The highest BCUT2D eigenvalue weighted by Crippen LogP contribution is 2.32. The van der Waals surface area contributed by atoms with E-state index >= 15 is 0 Å². The zero-order valence-electron chi connectivity index (χ0n) is 25.7. The molecule has 0 saturated heterocycles. The van der Waals surface area contributed by atoms with Gasteiger partial charge in [-0.2, -0.15) is 10.2 Å². The minimum atomic E-state index is -1.92. The Balaban J connectivity index is 0.000000191. The van der Waals surface area contributed by atoms with Gasteiger partial charge in [-0.3, -0.25) is 4.79 Å². The molecule has 2 aromatic carbocycles. The van der Waals surface area contributed by atoms with Gasteiger partial charge in [0.15, 0.2) is 27.7 Å². The van der Waals surface area contributed by atoms with Gasteiger partial charge in [-0.25, -0.2) is 55.6 Å². The molecule has 6 rings (SSSR count). The van der Waals surface area contributed by atoms with Crippen LogP contribution in [0.5, 0.6) is 0 Å². The number of carbonyl (C=O) groups is 1. The molecule has 1 N–H and O–H groups in total. The van der Waals surface area contributed by atoms with Crippen LogP contribution in [-0.2, 0) is 25.1 Å². The van der Waals surface area contributed by atoms with Crippen LogP contribution in [-0.4, -0.2) is 50.4 Å². The van der Waals surface area contributed by atoms with Gasteiger partial charge in [-0.1, -0.05) is 29.3 Å². The number of nitrogens with zero attached hydrogens (tertiary/aromatic N) is 8. The fourth-order valence-electron chi connectivity index (χ4n) is 4.36. The van der Waals surface area contributed by atoms with Gasteiger partial charge in [0.2, 0.25) is 0 Å². The number of aryl methyl sites for hydroxylation is 1. The van der Waals surface area contributed by atoms with Gasteiger partial charge < -0.3 is 5.11 Å². The quantitative estimate of drug-likeness (QED) is 0.107. The van der Waals surface area contributed by atoms with Crippen LogP contribution >= 0.6 is 23.2 Å². The number of benzene rings is 2. The van der Waals surface area contributed by atoms with Gasteiger partial charge in [-0.05, 0) is 48.4 Å². The minimum absolute atomic E-state index is 0.0336. The number of halogens is 8. The van der Waals surface area contributed by atoms with Crippen molar-refractivity contribution in [3.8, 4) is 0 Å². The predicted octanol–water partition coefficient (Wildman–Crippen LogP) is 6.50. The Morgan fingerprint density at radius 3 is 1.92 bits per heavy atom. The summed E-state index contributed by atoms with van der Waals surface area (Å²) in [5.41, 5.74) is -1.72. The number of hydrogen-bond acceptors (Lipinski definition) is 8. The molecule has 0 fully saturated rings. The maximum Gasteiger partial charge on any atom is 0.187 e. The third kappa shape index (κ3) is 9.93. The highest BCUT2D eigenvalue weighted by atomic mass is 35.5. The van der Waals surface area contributed by atoms with Crippen molar-refractivity contribution in [2.45, 2.75) is 32.0 Å². The fourth-order valence-corrected chi connectivity index (χ4v) is 4.74. The van der Waals surface area contributed by atoms with Gasteiger partial charge in [-0.15, -0.1) is 0 Å². The molecule has 50 heavy (non-hydrogen) atoms. The molecule has 4 aromatic heterocycles. The molecule has 18 heteroatoms. The summed E-state index contributed by atoms with van der Waals surface area (Å²) in [6, 6.07) is 8.51. The molecule has 0 radical (unpaired) electrons. The van der Waals surface area contributed by atoms with Gasteiger partial charge >= 0.3 is 0 Å². The summed E-state index contributed by atoms with van der Waals surface area (Å²) in [6.45, 7) is 1.29. The zero-order chi connectivity index (χ0) is 36.4. The summed E-state index contributed by atoms with van der Waals surface area (Å²) in [6.07, 6.45) is 7.60. The molecule has 0 aliphatic carbocycles. The third-order valence-corrected chi connectivity index (χ3v) is 7.30. The Morgan fingerprint density at radius 2 is 1.36 bits per heavy atom. The Morgan fingerprint density at radius 1 is 0.780 bits per heavy atom. The van der Waals surface area contributed by atoms with Crippen molar-refractivity contribution in [3.63, 3.8) is 0 Å². The number of hydrogen-bond donors (Lipinski definition) is 1. The molecule has 1 unspecified atom stereocenters. The first-order valence-electron chi connectivity index (χ1n) is 14.1. The molecule has 1 atom stereocenters. The fraction of sp³-hybridized carbons (Fsp3) is 0.156. The van der Waals surface area contributed by atoms with Crippen molar-refractivity contribution in [2.75, 3.05) is 0 Å². The first-order valence-corrected chi connectivity index (χ1v) is 14.9. The highest BCUT2D eigenvalue weighted by molar-refractivity contribution is 6.29. The number of aromatic nitrogens is 8. The van der Waals surface area contributed by atoms with Gasteiger partial charge in [0.25, 0.3) is 0 Å². The lowest BCUT2D eigenvalue weighted by Crippen LogP contribution is -2.35. The van der Waals surface area contributed by atoms with Crippen molar-refractivity contribution in [2.24, 2.45) is 0 Å². The maximum absolute atomic E-state index is 14.3. The molecule has 0 spiro atoms. The van der Waals surface area contributed by atoms with Crippen molar-refractivity contribution in [3.05, 3.63) is 154 Å². The van der Waals surface area contributed by atoms with Crippen LogP contribution in [0.3, 0.4) is 0 Å². The number of rotatable bonds is 8. The minimum Gasteiger partial charge on any atom is -0.383 e. The molecular weight excluding hydrogens is 713 g/mol. The average Bonchev–Trinajstić information content (AvgIpc) is 3.77. The summed E-state index contributed by atoms with van der Waals surface area (Å²) in [7, 11) is 0. The van der Waals surface area contributed by atoms with Crippen molar-refractivity contribution in [1.29, 1.82) is 0 Å². The van der Waals surface area contributed by atoms with E-state index in [0.29, 0.717) is 17.7 Å². The van der Waals surface area contributed by atoms with Gasteiger partial charge in [0, 0.05) is 36.5 Å². The Bertz CT molecular complexity index is 2040. The van der Waals surface area contributed by atoms with Crippen molar-refractivity contribution >= 4 is 29.0 Å². The smallest absolute Gasteiger partial charge is 0.187 e. The van der Waals surface area contributed by atoms with E-state index in [9.17, 15) is 36.2 Å². The zero-order valence-corrected chi connectivity index (χ0v) is 27.2. The van der Waals surface area contributed by atoms with Crippen LogP contribution in [0.4, 0.5) is 26.3 Å². The topological polar surface area (TPSA) is 124 Å². The molecule has 0 aliphatic rings. The molecule has 6 aromatic rings. The highest BCUT2D eigenvalue weighted by Gasteiger charge is 2.35. The van der Waals surface area contributed by atoms with Gasteiger partial charge in [0.05, 0.1) is 12.1 Å². The Kier molecular flexibility index (Phi) is 12.8. The lowest BCUT2D eigenvalue weighted by Gasteiger charge is -2.29. The number of aliphatic hydroxyl groups is 1. The van der Waals surface area contributed by atoms with Crippen LogP contribution in [0.15, 0.2) is 86.2 Å². The second-order valence-corrected chi connectivity index (χ2v) is 11.1. The number of pyridine rings is 2. The average molecular weight is 737 g/mol. The normalized spacial score (nSPS) is 11.9. The van der Waals surface area contributed by atoms with Crippen LogP contribution in [0.2, 0.25) is 10.3 Å². The van der Waals surface area contributed by atoms with E-state index < -0.39 is 46.3 Å². The third-order valence-electron chi connectivity index (χ3n) is 6.78. The summed E-state index contributed by atoms with van der Waals surface area (Å²) in [5, 5.41) is 18.3. The van der Waals surface area contributed by atoms with E-state index in [4.69, 9.17) is 23.2 Å². The van der Waals surface area contributed by atoms with Crippen molar-refractivity contribution in [1.82, 2.24) is 39.5 Å². The predicted molar refractivity (Wildman–Crippen MR) is 168 cm³/mol. The molecule has 4 heterocycles. The van der Waals surface area contributed by atoms with Crippen LogP contribution in [0.1, 0.15) is 27.0 Å². The van der Waals surface area contributed by atoms with E-state index in [1.165, 1.54) is 53.1 Å². The lowest BCUT2D eigenvalue weighted by molar-refractivity contribution is 0.0109. The Hall–Kier alpha value is -5.19. The number of Topliss-reactive ketones (excluding diaryl/α,β-unsaturated/α-hetero) is 1. The number of carbonyl (C=O) groups excluding carboxylic acids is 1. The summed E-state index contributed by atoms with van der Waals surface area (Å²) < 4.78 is 82.6. The molecule has 260 valence electrons. The SMILES string of the molecule is Cc1ccnc(Cl)c1F.O=C(Cn1cncn1)c1ccc(F)cc1F.OC(Cc1ccnc(Cl)c1F)(Cn1cncn1)c1ccc(F)cc1F. The van der Waals surface area contributed by atoms with E-state index in [2.05, 4.69) is 30.1 Å². The first kappa shape index (κ1) is 37.6. The maximum atomic E-state index is 14.3. The molecule has 10 nitrogen and oxygen atoms in total. The molecular formula is C32H24Cl2F6N8O2. The van der Waals surface area contributed by atoms with Gasteiger partial charge in [0.1, 0.15) is 60.7 Å². The first-order chi connectivity index (χ1) is 23.8. The molecule has 0 aliphatic heterocycles. The van der Waals surface area contributed by atoms with Crippen LogP contribution in [0.25, 0.3) is 0 Å². The largest absolute Gasteiger partial charge is 0.383 e. The monoisotopic (exact) mass is 736 g/mol. The second kappa shape index (κ2) is 17.0. The lowest BCUT2D eigenvalue weighted by atomic mass is 9.86. The molecule has 0 amide bonds. The molecule has 0 saturated carbocycles. The summed E-state index contributed by atoms with van der Waals surface area (Å²) in [5.74, 6) is -5.06. The standard InChI is InChI=1S/C16H12ClF3N4O.C10H7F2N3O.C6H5ClFN/c17-15-14(20)10(3-4-22-15)6-16(25,7-24-9-21-8-23-24)12-2-1-11(18)5-13(12)19;11-7-1-2-8(9(12)3-7)10(16)4-15-6-13-5-14-15;1-4-2-3-9-6(7)5(4)8/h1-5,8-9,25H,6-7H2;1-3,5-6H,4H2;2-3H,1H3. The van der Waals surface area contributed by atoms with E-state index in [1.807, 2.05) is 0 Å². The van der Waals surface area contributed by atoms with E-state index in [0.717, 1.165) is 24.3 Å². The van der Waals surface area contributed by atoms with Crippen LogP contribution in [0, 0.1) is 41.8 Å². The Labute approximate surface area is 290 Å². The number of ketones is 1. The van der Waals surface area contributed by atoms with Crippen LogP contribution < -0.4 is 0 Å². The second-order valence-electron chi connectivity index (χ2n) is 10.4. The van der Waals surface area contributed by atoms with Crippen molar-refractivity contribution < 1.29 is 36.2 Å². The summed E-state index contributed by atoms with van der Waals surface area (Å²) >= 11 is 11.0. The summed E-state index contributed by atoms with van der Waals surface area (Å²) in [4.78, 5) is 26.1. The van der Waals surface area contributed by atoms with E-state index in [1.54, 1.807) is 13.0 Å². The van der Waals surface area contributed by atoms with E-state index in [-0.39, 0.29) is 46.5 Å². The molecule has 0 bridgehead atoms.